The smallest absolute Gasteiger partial charge is 0.292 e. The van der Waals surface area contributed by atoms with Gasteiger partial charge in [0.15, 0.2) is 5.82 Å². The fraction of sp³-hybridized carbons (Fsp3) is 0.407. The van der Waals surface area contributed by atoms with Crippen LogP contribution in [0.25, 0.3) is 22.5 Å². The molecule has 2 aromatic heterocycles. The van der Waals surface area contributed by atoms with E-state index in [4.69, 9.17) is 0 Å². The van der Waals surface area contributed by atoms with Crippen molar-refractivity contribution in [2.75, 3.05) is 0 Å². The Bertz CT molecular complexity index is 1300. The van der Waals surface area contributed by atoms with Crippen LogP contribution in [0.2, 0.25) is 0 Å². The maximum absolute atomic E-state index is 13.5. The number of H-pyrrole nitrogens is 1. The molecule has 0 aliphatic heterocycles. The molecule has 2 aromatic carbocycles. The van der Waals surface area contributed by atoms with E-state index in [0.717, 1.165) is 46.5 Å². The fourth-order valence-corrected chi connectivity index (χ4v) is 4.59. The average molecular weight is 459 g/mol. The Balaban J connectivity index is 1.68. The summed E-state index contributed by atoms with van der Waals surface area (Å²) in [7, 11) is 0. The molecule has 0 saturated heterocycles. The van der Waals surface area contributed by atoms with Crippen LogP contribution in [0.4, 0.5) is 0 Å². The van der Waals surface area contributed by atoms with Crippen LogP contribution in [0.3, 0.4) is 0 Å². The first-order valence-electron chi connectivity index (χ1n) is 11.9. The Labute approximate surface area is 200 Å². The third kappa shape index (κ3) is 4.74. The van der Waals surface area contributed by atoms with E-state index in [0.29, 0.717) is 18.3 Å². The monoisotopic (exact) mass is 458 g/mol. The predicted molar refractivity (Wildman–Crippen MR) is 136 cm³/mol. The Morgan fingerprint density at radius 3 is 2.26 bits per heavy atom. The average Bonchev–Trinajstić information content (AvgIpc) is 3.40. The highest BCUT2D eigenvalue weighted by molar-refractivity contribution is 5.80. The first kappa shape index (κ1) is 23.7. The van der Waals surface area contributed by atoms with Crippen LogP contribution in [0.1, 0.15) is 58.0 Å². The van der Waals surface area contributed by atoms with Crippen LogP contribution in [-0.4, -0.2) is 29.8 Å². The molecular formula is C27H34N6O. The second-order valence-electron chi connectivity index (χ2n) is 10.3. The Hall–Kier alpha value is -3.48. The van der Waals surface area contributed by atoms with Crippen molar-refractivity contribution in [1.82, 2.24) is 29.8 Å². The highest BCUT2D eigenvalue weighted by Crippen LogP contribution is 2.30. The summed E-state index contributed by atoms with van der Waals surface area (Å²) in [5.41, 5.74) is 6.19. The molecule has 0 atom stereocenters. The van der Waals surface area contributed by atoms with Crippen molar-refractivity contribution in [1.29, 1.82) is 0 Å². The number of benzene rings is 2. The van der Waals surface area contributed by atoms with E-state index in [1.54, 1.807) is 0 Å². The highest BCUT2D eigenvalue weighted by Gasteiger charge is 2.24. The molecule has 0 saturated carbocycles. The third-order valence-corrected chi connectivity index (χ3v) is 6.26. The van der Waals surface area contributed by atoms with Crippen LogP contribution < -0.4 is 5.69 Å². The molecule has 0 fully saturated rings. The first-order valence-corrected chi connectivity index (χ1v) is 11.9. The van der Waals surface area contributed by atoms with Gasteiger partial charge in [-0.15, -0.1) is 5.10 Å². The van der Waals surface area contributed by atoms with E-state index >= 15 is 0 Å². The van der Waals surface area contributed by atoms with E-state index in [-0.39, 0.29) is 11.2 Å². The van der Waals surface area contributed by atoms with E-state index in [2.05, 4.69) is 92.5 Å². The number of tetrazole rings is 1. The lowest BCUT2D eigenvalue weighted by molar-refractivity contribution is 0.373. The molecular weight excluding hydrogens is 424 g/mol. The SMILES string of the molecule is Cc1c(CCC(C)C)n(Cc2ccc(-c3ccccc3-c3nnn[nH]3)cc2)c(=O)n1C(C)(C)C. The molecule has 1 N–H and O–H groups in total. The Morgan fingerprint density at radius 2 is 1.68 bits per heavy atom. The van der Waals surface area contributed by atoms with Crippen molar-refractivity contribution < 1.29 is 0 Å². The standard InChI is InChI=1S/C27H34N6O/c1-18(2)11-16-24-19(3)33(27(4,5)6)26(34)32(24)17-20-12-14-21(15-13-20)22-9-7-8-10-23(22)25-28-30-31-29-25/h7-10,12-15,18H,11,16-17H2,1-6H3,(H,28,29,30,31). The van der Waals surface area contributed by atoms with Gasteiger partial charge in [0.2, 0.25) is 0 Å². The molecule has 0 radical (unpaired) electrons. The highest BCUT2D eigenvalue weighted by atomic mass is 16.2. The topological polar surface area (TPSA) is 81.4 Å². The molecule has 178 valence electrons. The van der Waals surface area contributed by atoms with Crippen LogP contribution >= 0.6 is 0 Å². The van der Waals surface area contributed by atoms with E-state index in [9.17, 15) is 4.79 Å². The first-order chi connectivity index (χ1) is 16.2. The van der Waals surface area contributed by atoms with Gasteiger partial charge in [-0.3, -0.25) is 9.13 Å². The quantitative estimate of drug-likeness (QED) is 0.413. The molecule has 0 aliphatic carbocycles. The number of hydrogen-bond acceptors (Lipinski definition) is 4. The van der Waals surface area contributed by atoms with Crippen molar-refractivity contribution >= 4 is 0 Å². The summed E-state index contributed by atoms with van der Waals surface area (Å²) in [5, 5.41) is 14.3. The van der Waals surface area contributed by atoms with Gasteiger partial charge in [-0.1, -0.05) is 62.4 Å². The summed E-state index contributed by atoms with van der Waals surface area (Å²) in [6.07, 6.45) is 1.96. The van der Waals surface area contributed by atoms with Gasteiger partial charge in [0.25, 0.3) is 0 Å². The number of hydrogen-bond donors (Lipinski definition) is 1. The molecule has 0 bridgehead atoms. The van der Waals surface area contributed by atoms with Gasteiger partial charge < -0.3 is 0 Å². The second kappa shape index (κ2) is 9.41. The summed E-state index contributed by atoms with van der Waals surface area (Å²) in [5.74, 6) is 1.22. The predicted octanol–water partition coefficient (Wildman–Crippen LogP) is 5.20. The minimum Gasteiger partial charge on any atom is -0.292 e. The maximum atomic E-state index is 13.5. The zero-order valence-electron chi connectivity index (χ0n) is 21.0. The minimum atomic E-state index is -0.262. The summed E-state index contributed by atoms with van der Waals surface area (Å²) >= 11 is 0. The molecule has 4 aromatic rings. The number of rotatable bonds is 7. The third-order valence-electron chi connectivity index (χ3n) is 6.26. The van der Waals surface area contributed by atoms with Gasteiger partial charge in [-0.2, -0.15) is 0 Å². The van der Waals surface area contributed by atoms with Gasteiger partial charge in [0.05, 0.1) is 6.54 Å². The molecule has 2 heterocycles. The van der Waals surface area contributed by atoms with Crippen LogP contribution in [0.5, 0.6) is 0 Å². The largest absolute Gasteiger partial charge is 0.329 e. The maximum Gasteiger partial charge on any atom is 0.329 e. The number of nitrogens with one attached hydrogen (secondary N) is 1. The lowest BCUT2D eigenvalue weighted by Crippen LogP contribution is -2.35. The van der Waals surface area contributed by atoms with E-state index in [1.165, 1.54) is 0 Å². The van der Waals surface area contributed by atoms with Gasteiger partial charge in [0.1, 0.15) is 0 Å². The lowest BCUT2D eigenvalue weighted by Gasteiger charge is -2.21. The molecule has 34 heavy (non-hydrogen) atoms. The zero-order valence-corrected chi connectivity index (χ0v) is 21.0. The summed E-state index contributed by atoms with van der Waals surface area (Å²) in [4.78, 5) is 13.5. The van der Waals surface area contributed by atoms with Crippen LogP contribution in [0.15, 0.2) is 53.3 Å². The molecule has 4 rings (SSSR count). The van der Waals surface area contributed by atoms with Crippen molar-refractivity contribution in [2.24, 2.45) is 5.92 Å². The molecule has 0 amide bonds. The van der Waals surface area contributed by atoms with Crippen LogP contribution in [-0.2, 0) is 18.5 Å². The zero-order chi connectivity index (χ0) is 24.5. The van der Waals surface area contributed by atoms with Gasteiger partial charge in [-0.25, -0.2) is 9.89 Å². The summed E-state index contributed by atoms with van der Waals surface area (Å²) < 4.78 is 3.91. The number of aromatic amines is 1. The minimum absolute atomic E-state index is 0.0657. The van der Waals surface area contributed by atoms with Gasteiger partial charge >= 0.3 is 5.69 Å². The second-order valence-corrected chi connectivity index (χ2v) is 10.3. The van der Waals surface area contributed by atoms with Crippen LogP contribution in [0, 0.1) is 12.8 Å². The summed E-state index contributed by atoms with van der Waals surface area (Å²) in [6, 6.07) is 16.5. The molecule has 0 aliphatic rings. The van der Waals surface area contributed by atoms with Crippen molar-refractivity contribution in [3.8, 4) is 22.5 Å². The Morgan fingerprint density at radius 1 is 1.00 bits per heavy atom. The normalized spacial score (nSPS) is 12.0. The van der Waals surface area contributed by atoms with Gasteiger partial charge in [0, 0.05) is 22.5 Å². The number of imidazole rings is 1. The molecule has 7 nitrogen and oxygen atoms in total. The molecule has 0 unspecified atom stereocenters. The van der Waals surface area contributed by atoms with E-state index in [1.807, 2.05) is 27.3 Å². The van der Waals surface area contributed by atoms with Crippen molar-refractivity contribution in [3.05, 3.63) is 76.0 Å². The molecule has 7 heteroatoms. The molecule has 0 spiro atoms. The summed E-state index contributed by atoms with van der Waals surface area (Å²) in [6.45, 7) is 13.4. The van der Waals surface area contributed by atoms with E-state index < -0.39 is 0 Å². The number of aromatic nitrogens is 6. The Kier molecular flexibility index (Phi) is 6.55. The fourth-order valence-electron chi connectivity index (χ4n) is 4.59. The lowest BCUT2D eigenvalue weighted by atomic mass is 9.98. The number of nitrogens with zero attached hydrogens (tertiary/aromatic N) is 5. The van der Waals surface area contributed by atoms with Gasteiger partial charge in [-0.05, 0) is 73.6 Å². The van der Waals surface area contributed by atoms with Crippen molar-refractivity contribution in [2.45, 2.75) is 66.5 Å². The van der Waals surface area contributed by atoms with Crippen molar-refractivity contribution in [3.63, 3.8) is 0 Å².